The number of hydrogen-bond donors (Lipinski definition) is 0. The van der Waals surface area contributed by atoms with Gasteiger partial charge in [0, 0.05) is 0 Å². The van der Waals surface area contributed by atoms with Crippen molar-refractivity contribution in [3.05, 3.63) is 0 Å². The molecule has 0 bridgehead atoms. The second-order valence-electron chi connectivity index (χ2n) is 12.0. The first kappa shape index (κ1) is 23.0. The Balaban J connectivity index is 3.73. The summed E-state index contributed by atoms with van der Waals surface area (Å²) in [6.45, 7) is 32.9. The van der Waals surface area contributed by atoms with Gasteiger partial charge >= 0.3 is 0 Å². The fourth-order valence-electron chi connectivity index (χ4n) is 6.26. The molecular formula is C25H50. The van der Waals surface area contributed by atoms with Gasteiger partial charge in [0.1, 0.15) is 0 Å². The lowest BCUT2D eigenvalue weighted by Gasteiger charge is -2.64. The van der Waals surface area contributed by atoms with Gasteiger partial charge in [0.25, 0.3) is 0 Å². The van der Waals surface area contributed by atoms with Crippen molar-refractivity contribution in [1.82, 2.24) is 0 Å². The number of hydrogen-bond acceptors (Lipinski definition) is 0. The fourth-order valence-corrected chi connectivity index (χ4v) is 6.26. The molecule has 0 aromatic carbocycles. The van der Waals surface area contributed by atoms with Gasteiger partial charge in [-0.1, -0.05) is 96.4 Å². The Labute approximate surface area is 160 Å². The molecule has 0 heterocycles. The van der Waals surface area contributed by atoms with Crippen LogP contribution < -0.4 is 0 Å². The SMILES string of the molecule is CCC(C)(C)C1CC(C)C(C)(C)C(C)(C)C(CC)(C(C)(C)C(C)C)C1. The monoisotopic (exact) mass is 350 g/mol. The van der Waals surface area contributed by atoms with E-state index >= 15 is 0 Å². The van der Waals surface area contributed by atoms with Crippen molar-refractivity contribution in [2.75, 3.05) is 0 Å². The molecule has 0 N–H and O–H groups in total. The Morgan fingerprint density at radius 3 is 1.80 bits per heavy atom. The second-order valence-corrected chi connectivity index (χ2v) is 12.0. The van der Waals surface area contributed by atoms with E-state index in [2.05, 4.69) is 90.0 Å². The summed E-state index contributed by atoms with van der Waals surface area (Å²) < 4.78 is 0. The van der Waals surface area contributed by atoms with E-state index in [9.17, 15) is 0 Å². The van der Waals surface area contributed by atoms with E-state index < -0.39 is 0 Å². The highest BCUT2D eigenvalue weighted by Gasteiger charge is 2.63. The molecule has 1 fully saturated rings. The third-order valence-corrected chi connectivity index (χ3v) is 10.6. The Morgan fingerprint density at radius 2 is 1.44 bits per heavy atom. The summed E-state index contributed by atoms with van der Waals surface area (Å²) in [7, 11) is 0. The first-order valence-electron chi connectivity index (χ1n) is 11.0. The quantitative estimate of drug-likeness (QED) is 0.435. The molecule has 0 heteroatoms. The van der Waals surface area contributed by atoms with Gasteiger partial charge < -0.3 is 0 Å². The maximum absolute atomic E-state index is 2.61. The minimum Gasteiger partial charge on any atom is -0.0649 e. The van der Waals surface area contributed by atoms with Crippen LogP contribution in [0.1, 0.15) is 116 Å². The molecule has 3 atom stereocenters. The van der Waals surface area contributed by atoms with Crippen LogP contribution in [-0.2, 0) is 0 Å². The highest BCUT2D eigenvalue weighted by Crippen LogP contribution is 2.70. The van der Waals surface area contributed by atoms with Crippen LogP contribution >= 0.6 is 0 Å². The predicted octanol–water partition coefficient (Wildman–Crippen LogP) is 8.60. The van der Waals surface area contributed by atoms with Crippen LogP contribution in [0.25, 0.3) is 0 Å². The van der Waals surface area contributed by atoms with E-state index in [1.165, 1.54) is 25.7 Å². The van der Waals surface area contributed by atoms with Gasteiger partial charge in [0.2, 0.25) is 0 Å². The summed E-state index contributed by atoms with van der Waals surface area (Å²) in [4.78, 5) is 0. The molecule has 0 spiro atoms. The maximum Gasteiger partial charge on any atom is -0.0187 e. The minimum absolute atomic E-state index is 0.306. The average Bonchev–Trinajstić information content (AvgIpc) is 2.54. The van der Waals surface area contributed by atoms with Crippen molar-refractivity contribution < 1.29 is 0 Å². The fraction of sp³-hybridized carbons (Fsp3) is 1.00. The normalized spacial score (nSPS) is 33.4. The van der Waals surface area contributed by atoms with Crippen LogP contribution in [0.3, 0.4) is 0 Å². The Bertz CT molecular complexity index is 449. The summed E-state index contributed by atoms with van der Waals surface area (Å²) >= 11 is 0. The van der Waals surface area contributed by atoms with Crippen molar-refractivity contribution in [3.8, 4) is 0 Å². The molecule has 3 unspecified atom stereocenters. The van der Waals surface area contributed by atoms with Crippen LogP contribution in [0.4, 0.5) is 0 Å². The van der Waals surface area contributed by atoms with Crippen molar-refractivity contribution in [2.45, 2.75) is 116 Å². The third-order valence-electron chi connectivity index (χ3n) is 10.6. The van der Waals surface area contributed by atoms with Crippen molar-refractivity contribution >= 4 is 0 Å². The molecule has 1 aliphatic rings. The first-order valence-corrected chi connectivity index (χ1v) is 11.0. The second kappa shape index (κ2) is 6.87. The molecule has 0 aliphatic heterocycles. The van der Waals surface area contributed by atoms with Gasteiger partial charge in [-0.15, -0.1) is 0 Å². The molecule has 0 aromatic rings. The van der Waals surface area contributed by atoms with E-state index in [1.807, 2.05) is 0 Å². The van der Waals surface area contributed by atoms with E-state index in [1.54, 1.807) is 0 Å². The molecule has 0 radical (unpaired) electrons. The average molecular weight is 351 g/mol. The molecule has 1 rings (SSSR count). The van der Waals surface area contributed by atoms with E-state index in [-0.39, 0.29) is 0 Å². The third kappa shape index (κ3) is 3.23. The van der Waals surface area contributed by atoms with Gasteiger partial charge in [-0.25, -0.2) is 0 Å². The van der Waals surface area contributed by atoms with Gasteiger partial charge in [-0.2, -0.15) is 0 Å². The topological polar surface area (TPSA) is 0 Å². The molecule has 150 valence electrons. The molecular weight excluding hydrogens is 300 g/mol. The summed E-state index contributed by atoms with van der Waals surface area (Å²) in [5.74, 6) is 2.27. The van der Waals surface area contributed by atoms with E-state index in [0.29, 0.717) is 33.0 Å². The van der Waals surface area contributed by atoms with Crippen LogP contribution in [0, 0.1) is 44.8 Å². The maximum atomic E-state index is 2.61. The summed E-state index contributed by atoms with van der Waals surface area (Å²) in [5, 5.41) is 0. The first-order chi connectivity index (χ1) is 11.0. The van der Waals surface area contributed by atoms with Crippen LogP contribution in [0.5, 0.6) is 0 Å². The van der Waals surface area contributed by atoms with Crippen molar-refractivity contribution in [2.24, 2.45) is 44.8 Å². The largest absolute Gasteiger partial charge is 0.0649 e. The smallest absolute Gasteiger partial charge is 0.0187 e. The highest BCUT2D eigenvalue weighted by molar-refractivity contribution is 5.11. The standard InChI is InChI=1S/C25H50/c1-14-21(6,7)20-16-19(5)23(10,11)24(12,13)25(15-2,17-20)22(8,9)18(3)4/h18-20H,14-17H2,1-13H3. The molecule has 1 saturated carbocycles. The minimum atomic E-state index is 0.306. The zero-order valence-electron chi connectivity index (χ0n) is 20.1. The van der Waals surface area contributed by atoms with Crippen LogP contribution in [0.2, 0.25) is 0 Å². The summed E-state index contributed by atoms with van der Waals surface area (Å²) in [5.41, 5.74) is 1.76. The van der Waals surface area contributed by atoms with Gasteiger partial charge in [0.15, 0.2) is 0 Å². The zero-order valence-corrected chi connectivity index (χ0v) is 20.1. The molecule has 0 nitrogen and oxygen atoms in total. The van der Waals surface area contributed by atoms with Gasteiger partial charge in [0.05, 0.1) is 0 Å². The predicted molar refractivity (Wildman–Crippen MR) is 115 cm³/mol. The molecule has 1 aliphatic carbocycles. The Kier molecular flexibility index (Phi) is 6.33. The number of rotatable bonds is 5. The molecule has 0 saturated heterocycles. The highest BCUT2D eigenvalue weighted by atomic mass is 14.7. The molecule has 0 aromatic heterocycles. The Hall–Kier alpha value is 0. The zero-order chi connectivity index (χ0) is 20.1. The van der Waals surface area contributed by atoms with E-state index in [4.69, 9.17) is 0 Å². The molecule has 0 amide bonds. The summed E-state index contributed by atoms with van der Waals surface area (Å²) in [6.07, 6.45) is 5.34. The Morgan fingerprint density at radius 1 is 0.960 bits per heavy atom. The summed E-state index contributed by atoms with van der Waals surface area (Å²) in [6, 6.07) is 0. The lowest BCUT2D eigenvalue weighted by molar-refractivity contribution is -0.152. The van der Waals surface area contributed by atoms with Crippen molar-refractivity contribution in [3.63, 3.8) is 0 Å². The lowest BCUT2D eigenvalue weighted by Crippen LogP contribution is -2.57. The van der Waals surface area contributed by atoms with Gasteiger partial charge in [-0.3, -0.25) is 0 Å². The lowest BCUT2D eigenvalue weighted by atomic mass is 9.41. The molecule has 25 heavy (non-hydrogen) atoms. The van der Waals surface area contributed by atoms with E-state index in [0.717, 1.165) is 11.8 Å². The van der Waals surface area contributed by atoms with Gasteiger partial charge in [-0.05, 0) is 64.1 Å². The van der Waals surface area contributed by atoms with Crippen LogP contribution in [0.15, 0.2) is 0 Å². The van der Waals surface area contributed by atoms with Crippen LogP contribution in [-0.4, -0.2) is 0 Å². The van der Waals surface area contributed by atoms with Crippen molar-refractivity contribution in [1.29, 1.82) is 0 Å².